The number of anilines is 2. The Bertz CT molecular complexity index is 1130. The van der Waals surface area contributed by atoms with Gasteiger partial charge in [0.05, 0.1) is 22.5 Å². The summed E-state index contributed by atoms with van der Waals surface area (Å²) >= 11 is 0. The Morgan fingerprint density at radius 1 is 1.24 bits per heavy atom. The summed E-state index contributed by atoms with van der Waals surface area (Å²) in [5.41, 5.74) is 1.24. The molecule has 2 aliphatic heterocycles. The second kappa shape index (κ2) is 9.18. The van der Waals surface area contributed by atoms with Crippen LogP contribution in [0.2, 0.25) is 0 Å². The van der Waals surface area contributed by atoms with Crippen LogP contribution < -0.4 is 15.1 Å². The molecule has 1 aromatic heterocycles. The first-order valence-electron chi connectivity index (χ1n) is 11.1. The van der Waals surface area contributed by atoms with Crippen LogP contribution in [-0.2, 0) is 26.0 Å². The van der Waals surface area contributed by atoms with Gasteiger partial charge in [0.1, 0.15) is 18.3 Å². The van der Waals surface area contributed by atoms with E-state index in [1.165, 1.54) is 25.1 Å². The summed E-state index contributed by atoms with van der Waals surface area (Å²) in [6.07, 6.45) is 4.73. The van der Waals surface area contributed by atoms with Crippen molar-refractivity contribution in [2.75, 3.05) is 37.0 Å². The van der Waals surface area contributed by atoms with Crippen LogP contribution in [0.25, 0.3) is 0 Å². The highest BCUT2D eigenvalue weighted by Gasteiger charge is 2.40. The molecule has 33 heavy (non-hydrogen) atoms. The van der Waals surface area contributed by atoms with Gasteiger partial charge in [-0.25, -0.2) is 12.7 Å². The molecule has 1 fully saturated rings. The highest BCUT2D eigenvalue weighted by molar-refractivity contribution is 7.89. The fourth-order valence-electron chi connectivity index (χ4n) is 4.52. The summed E-state index contributed by atoms with van der Waals surface area (Å²) in [7, 11) is -0.762. The molecule has 0 unspecified atom stereocenters. The Kier molecular flexibility index (Phi) is 6.49. The molecule has 2 aromatic rings. The molecule has 0 bridgehead atoms. The largest absolute Gasteiger partial charge is 0.469 e. The normalized spacial score (nSPS) is 19.3. The number of fused-ring (bicyclic) bond motifs is 3. The van der Waals surface area contributed by atoms with E-state index >= 15 is 0 Å². The van der Waals surface area contributed by atoms with Crippen molar-refractivity contribution in [3.05, 3.63) is 42.4 Å². The topological polar surface area (TPSA) is 103 Å². The van der Waals surface area contributed by atoms with Gasteiger partial charge in [-0.1, -0.05) is 0 Å². The minimum Gasteiger partial charge on any atom is -0.469 e. The minimum absolute atomic E-state index is 0.0890. The maximum Gasteiger partial charge on any atom is 0.250 e. The zero-order chi connectivity index (χ0) is 23.8. The number of nitrogens with zero attached hydrogens (tertiary/aromatic N) is 3. The number of carbonyl (C=O) groups excluding carboxylic acids is 2. The molecule has 1 aromatic carbocycles. The molecule has 0 spiro atoms. The van der Waals surface area contributed by atoms with E-state index in [1.54, 1.807) is 24.5 Å². The van der Waals surface area contributed by atoms with Crippen LogP contribution >= 0.6 is 0 Å². The number of hydrogen-bond donors (Lipinski definition) is 1. The van der Waals surface area contributed by atoms with Gasteiger partial charge >= 0.3 is 0 Å². The van der Waals surface area contributed by atoms with Gasteiger partial charge in [-0.15, -0.1) is 0 Å². The molecule has 3 heterocycles. The fourth-order valence-corrected chi connectivity index (χ4v) is 5.44. The van der Waals surface area contributed by atoms with Crippen LogP contribution in [0.5, 0.6) is 0 Å². The molecule has 178 valence electrons. The first-order valence-corrected chi connectivity index (χ1v) is 12.6. The van der Waals surface area contributed by atoms with Crippen molar-refractivity contribution in [2.24, 2.45) is 0 Å². The first-order chi connectivity index (χ1) is 15.7. The SMILES string of the molecule is C[C@H](Cc1ccco1)NC(=O)CN1C(=O)[C@@H]2CCCCN2c2ccc(S(=O)(=O)N(C)C)cc21. The van der Waals surface area contributed by atoms with Crippen LogP contribution in [0.1, 0.15) is 31.9 Å². The molecule has 2 aliphatic rings. The van der Waals surface area contributed by atoms with Crippen molar-refractivity contribution in [3.8, 4) is 0 Å². The van der Waals surface area contributed by atoms with Crippen LogP contribution in [0, 0.1) is 0 Å². The standard InChI is InChI=1S/C23H30N4O5S/c1-16(13-17-7-6-12-32-17)24-22(28)15-27-21-14-18(33(30,31)25(2)3)9-10-19(21)26-11-5-4-8-20(26)23(27)29/h6-7,9-10,12,14,16,20H,4-5,8,11,13,15H2,1-3H3,(H,24,28)/t16-,20+/m1/s1. The van der Waals surface area contributed by atoms with E-state index in [2.05, 4.69) is 5.32 Å². The Morgan fingerprint density at radius 3 is 2.73 bits per heavy atom. The smallest absolute Gasteiger partial charge is 0.250 e. The predicted octanol–water partition coefficient (Wildman–Crippen LogP) is 1.98. The van der Waals surface area contributed by atoms with Gasteiger partial charge in [-0.05, 0) is 56.5 Å². The van der Waals surface area contributed by atoms with Crippen molar-refractivity contribution in [1.29, 1.82) is 0 Å². The maximum atomic E-state index is 13.4. The number of piperidine rings is 1. The van der Waals surface area contributed by atoms with Crippen LogP contribution in [-0.4, -0.2) is 63.8 Å². The number of benzene rings is 1. The van der Waals surface area contributed by atoms with E-state index in [0.29, 0.717) is 18.5 Å². The van der Waals surface area contributed by atoms with Gasteiger partial charge in [-0.3, -0.25) is 14.5 Å². The van der Waals surface area contributed by atoms with E-state index < -0.39 is 10.0 Å². The fraction of sp³-hybridized carbons (Fsp3) is 0.478. The summed E-state index contributed by atoms with van der Waals surface area (Å²) in [6, 6.07) is 7.94. The van der Waals surface area contributed by atoms with Gasteiger partial charge in [0, 0.05) is 33.1 Å². The molecule has 10 heteroatoms. The van der Waals surface area contributed by atoms with Crippen LogP contribution in [0.15, 0.2) is 45.9 Å². The third-order valence-corrected chi connectivity index (χ3v) is 7.99. The summed E-state index contributed by atoms with van der Waals surface area (Å²) < 4.78 is 31.9. The Hall–Kier alpha value is -2.85. The summed E-state index contributed by atoms with van der Waals surface area (Å²) in [6.45, 7) is 2.42. The Balaban J connectivity index is 1.62. The molecule has 0 aliphatic carbocycles. The average molecular weight is 475 g/mol. The highest BCUT2D eigenvalue weighted by Crippen LogP contribution is 2.40. The lowest BCUT2D eigenvalue weighted by Crippen LogP contribution is -2.57. The lowest BCUT2D eigenvalue weighted by molar-refractivity contribution is -0.125. The summed E-state index contributed by atoms with van der Waals surface area (Å²) in [5.74, 6) is 0.285. The minimum atomic E-state index is -3.69. The molecule has 2 atom stereocenters. The van der Waals surface area contributed by atoms with E-state index in [4.69, 9.17) is 4.42 Å². The van der Waals surface area contributed by atoms with Crippen molar-refractivity contribution < 1.29 is 22.4 Å². The van der Waals surface area contributed by atoms with Crippen molar-refractivity contribution in [2.45, 2.75) is 49.6 Å². The molecule has 0 saturated carbocycles. The molecular formula is C23H30N4O5S. The third kappa shape index (κ3) is 4.63. The van der Waals surface area contributed by atoms with Gasteiger partial charge in [0.2, 0.25) is 21.8 Å². The average Bonchev–Trinajstić information content (AvgIpc) is 3.28. The number of hydrogen-bond acceptors (Lipinski definition) is 6. The summed E-state index contributed by atoms with van der Waals surface area (Å²) in [4.78, 5) is 29.9. The van der Waals surface area contributed by atoms with Crippen LogP contribution in [0.3, 0.4) is 0 Å². The second-order valence-corrected chi connectivity index (χ2v) is 11.0. The molecule has 4 rings (SSSR count). The van der Waals surface area contributed by atoms with Crippen LogP contribution in [0.4, 0.5) is 11.4 Å². The number of sulfonamides is 1. The molecular weight excluding hydrogens is 444 g/mol. The lowest BCUT2D eigenvalue weighted by Gasteiger charge is -2.45. The van der Waals surface area contributed by atoms with E-state index in [9.17, 15) is 18.0 Å². The first kappa shape index (κ1) is 23.3. The van der Waals surface area contributed by atoms with E-state index in [0.717, 1.165) is 35.1 Å². The summed E-state index contributed by atoms with van der Waals surface area (Å²) in [5, 5.41) is 2.92. The second-order valence-electron chi connectivity index (χ2n) is 8.82. The van der Waals surface area contributed by atoms with Gasteiger partial charge in [-0.2, -0.15) is 0 Å². The van der Waals surface area contributed by atoms with E-state index in [1.807, 2.05) is 17.9 Å². The van der Waals surface area contributed by atoms with E-state index in [-0.39, 0.29) is 35.3 Å². The molecule has 1 saturated heterocycles. The van der Waals surface area contributed by atoms with Gasteiger partial charge in [0.15, 0.2) is 0 Å². The predicted molar refractivity (Wildman–Crippen MR) is 125 cm³/mol. The zero-order valence-electron chi connectivity index (χ0n) is 19.2. The Labute approximate surface area is 194 Å². The molecule has 9 nitrogen and oxygen atoms in total. The highest BCUT2D eigenvalue weighted by atomic mass is 32.2. The van der Waals surface area contributed by atoms with Gasteiger partial charge in [0.25, 0.3) is 0 Å². The number of carbonyl (C=O) groups is 2. The molecule has 2 amide bonds. The lowest BCUT2D eigenvalue weighted by atomic mass is 9.96. The maximum absolute atomic E-state index is 13.4. The number of rotatable bonds is 7. The van der Waals surface area contributed by atoms with Gasteiger partial charge < -0.3 is 14.6 Å². The van der Waals surface area contributed by atoms with Crippen molar-refractivity contribution >= 4 is 33.2 Å². The van der Waals surface area contributed by atoms with Crippen molar-refractivity contribution in [1.82, 2.24) is 9.62 Å². The quantitative estimate of drug-likeness (QED) is 0.658. The number of furan rings is 1. The van der Waals surface area contributed by atoms with Crippen molar-refractivity contribution in [3.63, 3.8) is 0 Å². The Morgan fingerprint density at radius 2 is 2.03 bits per heavy atom. The number of nitrogens with one attached hydrogen (secondary N) is 1. The zero-order valence-corrected chi connectivity index (χ0v) is 20.0. The third-order valence-electron chi connectivity index (χ3n) is 6.18. The molecule has 1 N–H and O–H groups in total. The number of amides is 2. The molecule has 0 radical (unpaired) electrons. The monoisotopic (exact) mass is 474 g/mol.